The number of allylic oxidation sites excluding steroid dienone is 6. The SMILES string of the molecule is CC1(OC(=O)C2C(C(=O)OC3(C)C=CC=CC3)C3C=CC2C3(C)C)C=CC=CC1. The normalized spacial score (nSPS) is 41.0. The smallest absolute Gasteiger partial charge is 0.311 e. The summed E-state index contributed by atoms with van der Waals surface area (Å²) in [4.78, 5) is 26.7. The zero-order chi connectivity index (χ0) is 20.9. The molecule has 0 saturated heterocycles. The van der Waals surface area contributed by atoms with E-state index in [0.29, 0.717) is 12.8 Å². The van der Waals surface area contributed by atoms with Crippen LogP contribution in [0.4, 0.5) is 0 Å². The van der Waals surface area contributed by atoms with Gasteiger partial charge in [-0.25, -0.2) is 0 Å². The molecule has 0 spiro atoms. The highest BCUT2D eigenvalue weighted by atomic mass is 16.6. The van der Waals surface area contributed by atoms with Crippen LogP contribution in [0.2, 0.25) is 0 Å². The van der Waals surface area contributed by atoms with E-state index in [4.69, 9.17) is 9.47 Å². The van der Waals surface area contributed by atoms with Crippen molar-refractivity contribution in [3.05, 3.63) is 60.8 Å². The molecule has 4 nitrogen and oxygen atoms in total. The lowest BCUT2D eigenvalue weighted by atomic mass is 9.79. The first-order valence-electron chi connectivity index (χ1n) is 10.5. The van der Waals surface area contributed by atoms with Crippen molar-refractivity contribution in [3.63, 3.8) is 0 Å². The molecule has 1 fully saturated rings. The van der Waals surface area contributed by atoms with Gasteiger partial charge in [0.1, 0.15) is 11.2 Å². The standard InChI is InChI=1S/C25H30O4/c1-23(2)17-11-12-18(23)20(22(27)29-25(4)15-9-6-10-16-25)19(17)21(26)28-24(3)13-7-5-8-14-24/h5-13,15,17-20H,14,16H2,1-4H3. The van der Waals surface area contributed by atoms with E-state index in [9.17, 15) is 9.59 Å². The average molecular weight is 395 g/mol. The first-order valence-corrected chi connectivity index (χ1v) is 10.5. The molecule has 0 aromatic carbocycles. The zero-order valence-electron chi connectivity index (χ0n) is 17.6. The summed E-state index contributed by atoms with van der Waals surface area (Å²) < 4.78 is 11.9. The summed E-state index contributed by atoms with van der Waals surface area (Å²) in [6, 6.07) is 0. The number of carbonyl (C=O) groups excluding carboxylic acids is 2. The Morgan fingerprint density at radius 1 is 0.724 bits per heavy atom. The summed E-state index contributed by atoms with van der Waals surface area (Å²) in [7, 11) is 0. The van der Waals surface area contributed by atoms with Crippen molar-refractivity contribution < 1.29 is 19.1 Å². The molecule has 0 aromatic rings. The fourth-order valence-electron chi connectivity index (χ4n) is 5.32. The van der Waals surface area contributed by atoms with Crippen molar-refractivity contribution in [2.24, 2.45) is 29.1 Å². The topological polar surface area (TPSA) is 52.6 Å². The maximum absolute atomic E-state index is 13.3. The quantitative estimate of drug-likeness (QED) is 0.512. The highest BCUT2D eigenvalue weighted by Gasteiger charge is 2.63. The van der Waals surface area contributed by atoms with Crippen LogP contribution < -0.4 is 0 Å². The monoisotopic (exact) mass is 394 g/mol. The van der Waals surface area contributed by atoms with E-state index in [2.05, 4.69) is 26.0 Å². The number of carbonyl (C=O) groups is 2. The fraction of sp³-hybridized carbons (Fsp3) is 0.520. The highest BCUT2D eigenvalue weighted by Crippen LogP contribution is 2.60. The third-order valence-electron chi connectivity index (χ3n) is 7.05. The predicted molar refractivity (Wildman–Crippen MR) is 112 cm³/mol. The lowest BCUT2D eigenvalue weighted by molar-refractivity contribution is -0.172. The summed E-state index contributed by atoms with van der Waals surface area (Å²) >= 11 is 0. The Morgan fingerprint density at radius 3 is 1.48 bits per heavy atom. The second kappa shape index (κ2) is 6.86. The summed E-state index contributed by atoms with van der Waals surface area (Å²) in [5.41, 5.74) is -1.52. The number of esters is 2. The Hall–Kier alpha value is -2.36. The van der Waals surface area contributed by atoms with E-state index in [1.807, 2.05) is 62.5 Å². The first kappa shape index (κ1) is 19.9. The van der Waals surface area contributed by atoms with Gasteiger partial charge in [0.2, 0.25) is 0 Å². The molecule has 6 atom stereocenters. The minimum Gasteiger partial charge on any atom is -0.455 e. The average Bonchev–Trinajstić information content (AvgIpc) is 3.07. The van der Waals surface area contributed by atoms with Crippen molar-refractivity contribution in [1.29, 1.82) is 0 Å². The molecule has 1 saturated carbocycles. The summed E-state index contributed by atoms with van der Waals surface area (Å²) in [5, 5.41) is 0. The van der Waals surface area contributed by atoms with Crippen molar-refractivity contribution >= 4 is 11.9 Å². The largest absolute Gasteiger partial charge is 0.455 e. The number of ether oxygens (including phenoxy) is 2. The van der Waals surface area contributed by atoms with Crippen LogP contribution in [0.3, 0.4) is 0 Å². The van der Waals surface area contributed by atoms with Gasteiger partial charge in [-0.15, -0.1) is 0 Å². The minimum absolute atomic E-state index is 0.0288. The Bertz CT molecular complexity index is 790. The van der Waals surface area contributed by atoms with Gasteiger partial charge in [-0.2, -0.15) is 0 Å². The van der Waals surface area contributed by atoms with Crippen LogP contribution in [0.5, 0.6) is 0 Å². The van der Waals surface area contributed by atoms with Gasteiger partial charge >= 0.3 is 11.9 Å². The molecule has 0 amide bonds. The van der Waals surface area contributed by atoms with Gasteiger partial charge < -0.3 is 9.47 Å². The van der Waals surface area contributed by atoms with Crippen LogP contribution in [0, 0.1) is 29.1 Å². The molecule has 0 heterocycles. The fourth-order valence-corrected chi connectivity index (χ4v) is 5.32. The summed E-state index contributed by atoms with van der Waals surface area (Å²) in [6.07, 6.45) is 21.0. The predicted octanol–water partition coefficient (Wildman–Crippen LogP) is 4.70. The van der Waals surface area contributed by atoms with Crippen molar-refractivity contribution in [2.75, 3.05) is 0 Å². The van der Waals surface area contributed by atoms with Gasteiger partial charge in [0.15, 0.2) is 0 Å². The van der Waals surface area contributed by atoms with Crippen LogP contribution in [0.15, 0.2) is 60.8 Å². The second-order valence-electron chi connectivity index (χ2n) is 9.76. The van der Waals surface area contributed by atoms with Crippen molar-refractivity contribution in [2.45, 2.75) is 51.7 Å². The highest BCUT2D eigenvalue weighted by molar-refractivity contribution is 5.85. The number of hydrogen-bond acceptors (Lipinski definition) is 4. The third kappa shape index (κ3) is 3.43. The lowest BCUT2D eigenvalue weighted by Gasteiger charge is -2.33. The lowest BCUT2D eigenvalue weighted by Crippen LogP contribution is -2.42. The van der Waals surface area contributed by atoms with E-state index in [0.717, 1.165) is 0 Å². The van der Waals surface area contributed by atoms with Crippen molar-refractivity contribution in [1.82, 2.24) is 0 Å². The van der Waals surface area contributed by atoms with E-state index < -0.39 is 23.0 Å². The van der Waals surface area contributed by atoms with Gasteiger partial charge in [-0.05, 0) is 43.3 Å². The van der Waals surface area contributed by atoms with Crippen LogP contribution in [0.25, 0.3) is 0 Å². The van der Waals surface area contributed by atoms with Gasteiger partial charge in [0.05, 0.1) is 11.8 Å². The molecule has 4 heteroatoms. The molecule has 4 rings (SSSR count). The molecule has 2 bridgehead atoms. The molecule has 0 aliphatic heterocycles. The molecule has 0 aromatic heterocycles. The van der Waals surface area contributed by atoms with E-state index >= 15 is 0 Å². The first-order chi connectivity index (χ1) is 13.7. The van der Waals surface area contributed by atoms with Crippen molar-refractivity contribution in [3.8, 4) is 0 Å². The van der Waals surface area contributed by atoms with E-state index in [1.165, 1.54) is 0 Å². The van der Waals surface area contributed by atoms with E-state index in [1.54, 1.807) is 0 Å². The number of rotatable bonds is 4. The summed E-state index contributed by atoms with van der Waals surface area (Å²) in [5.74, 6) is -1.70. The van der Waals surface area contributed by atoms with Crippen LogP contribution in [0.1, 0.15) is 40.5 Å². The molecular weight excluding hydrogens is 364 g/mol. The second-order valence-corrected chi connectivity index (χ2v) is 9.76. The van der Waals surface area contributed by atoms with Crippen LogP contribution >= 0.6 is 0 Å². The van der Waals surface area contributed by atoms with Gasteiger partial charge in [-0.1, -0.05) is 62.5 Å². The Balaban J connectivity index is 1.58. The maximum Gasteiger partial charge on any atom is 0.311 e. The molecule has 4 aliphatic rings. The Morgan fingerprint density at radius 2 is 1.14 bits per heavy atom. The Labute approximate surface area is 173 Å². The van der Waals surface area contributed by atoms with Crippen LogP contribution in [-0.2, 0) is 19.1 Å². The molecule has 0 N–H and O–H groups in total. The summed E-state index contributed by atoms with van der Waals surface area (Å²) in [6.45, 7) is 8.08. The molecule has 154 valence electrons. The molecule has 29 heavy (non-hydrogen) atoms. The molecule has 4 aliphatic carbocycles. The molecule has 6 unspecified atom stereocenters. The molecule has 0 radical (unpaired) electrons. The third-order valence-corrected chi connectivity index (χ3v) is 7.05. The Kier molecular flexibility index (Phi) is 4.71. The number of hydrogen-bond donors (Lipinski definition) is 0. The van der Waals surface area contributed by atoms with Gasteiger partial charge in [0, 0.05) is 12.8 Å². The molecular formula is C25H30O4. The van der Waals surface area contributed by atoms with E-state index in [-0.39, 0.29) is 29.2 Å². The van der Waals surface area contributed by atoms with Gasteiger partial charge in [0.25, 0.3) is 0 Å². The number of fused-ring (bicyclic) bond motifs is 2. The van der Waals surface area contributed by atoms with Gasteiger partial charge in [-0.3, -0.25) is 9.59 Å². The zero-order valence-corrected chi connectivity index (χ0v) is 17.6. The minimum atomic E-state index is -0.668. The maximum atomic E-state index is 13.3. The van der Waals surface area contributed by atoms with Crippen LogP contribution in [-0.4, -0.2) is 23.1 Å².